The van der Waals surface area contributed by atoms with Gasteiger partial charge in [0, 0.05) is 5.69 Å². The maximum atomic E-state index is 12.7. The molecule has 1 unspecified atom stereocenters. The summed E-state index contributed by atoms with van der Waals surface area (Å²) in [5.74, 6) is 0.835. The monoisotopic (exact) mass is 414 g/mol. The molecule has 0 spiro atoms. The maximum Gasteiger partial charge on any atom is 0.258 e. The summed E-state index contributed by atoms with van der Waals surface area (Å²) < 4.78 is 5.47. The molecule has 0 fully saturated rings. The average molecular weight is 415 g/mol. The van der Waals surface area contributed by atoms with E-state index < -0.39 is 6.04 Å². The summed E-state index contributed by atoms with van der Waals surface area (Å²) in [5, 5.41) is 5.69. The fourth-order valence-corrected chi connectivity index (χ4v) is 3.16. The Hall–Kier alpha value is -2.47. The van der Waals surface area contributed by atoms with Gasteiger partial charge in [-0.25, -0.2) is 0 Å². The van der Waals surface area contributed by atoms with Crippen molar-refractivity contribution in [1.29, 1.82) is 0 Å². The topological polar surface area (TPSA) is 67.4 Å². The van der Waals surface area contributed by atoms with Crippen molar-refractivity contribution in [3.05, 3.63) is 60.2 Å². The van der Waals surface area contributed by atoms with Crippen molar-refractivity contribution < 1.29 is 14.3 Å². The number of thioether (sulfide) groups is 1. The molecule has 1 atom stereocenters. The molecular formula is C23H30N2O3S. The lowest BCUT2D eigenvalue weighted by atomic mass is 9.87. The van der Waals surface area contributed by atoms with Gasteiger partial charge in [-0.15, -0.1) is 0 Å². The van der Waals surface area contributed by atoms with Crippen LogP contribution in [-0.2, 0) is 15.0 Å². The van der Waals surface area contributed by atoms with Crippen molar-refractivity contribution in [2.75, 3.05) is 23.9 Å². The molecule has 0 saturated carbocycles. The Bertz CT molecular complexity index is 786. The number of nitrogens with one attached hydrogen (secondary N) is 2. The average Bonchev–Trinajstić information content (AvgIpc) is 2.70. The summed E-state index contributed by atoms with van der Waals surface area (Å²) >= 11 is 1.63. The van der Waals surface area contributed by atoms with Gasteiger partial charge in [0.15, 0.2) is 6.61 Å². The van der Waals surface area contributed by atoms with Gasteiger partial charge in [0.25, 0.3) is 5.91 Å². The van der Waals surface area contributed by atoms with Crippen LogP contribution in [0.1, 0.15) is 32.8 Å². The lowest BCUT2D eigenvalue weighted by Crippen LogP contribution is -2.45. The standard InChI is InChI=1S/C23H30N2O3S/c1-23(2,3)17-10-12-18(13-11-17)24-22(27)20(14-15-29-4)25-21(26)16-28-19-8-6-5-7-9-19/h5-13,20H,14-16H2,1-4H3,(H,24,27)(H,25,26). The van der Waals surface area contributed by atoms with Gasteiger partial charge >= 0.3 is 0 Å². The number of rotatable bonds is 9. The molecule has 0 bridgehead atoms. The number of ether oxygens (including phenoxy) is 1. The smallest absolute Gasteiger partial charge is 0.258 e. The van der Waals surface area contributed by atoms with Crippen LogP contribution in [0.2, 0.25) is 0 Å². The van der Waals surface area contributed by atoms with Crippen LogP contribution in [-0.4, -0.2) is 36.5 Å². The van der Waals surface area contributed by atoms with Crippen LogP contribution in [0.4, 0.5) is 5.69 Å². The van der Waals surface area contributed by atoms with E-state index >= 15 is 0 Å². The molecule has 5 nitrogen and oxygen atoms in total. The van der Waals surface area contributed by atoms with Gasteiger partial charge in [-0.3, -0.25) is 9.59 Å². The van der Waals surface area contributed by atoms with Crippen LogP contribution in [0, 0.1) is 0 Å². The van der Waals surface area contributed by atoms with Crippen molar-refractivity contribution >= 4 is 29.3 Å². The normalized spacial score (nSPS) is 12.1. The SMILES string of the molecule is CSCCC(NC(=O)COc1ccccc1)C(=O)Nc1ccc(C(C)(C)C)cc1. The minimum absolute atomic E-state index is 0.0517. The van der Waals surface area contributed by atoms with Gasteiger partial charge in [-0.1, -0.05) is 51.1 Å². The number of amides is 2. The Labute approximate surface area is 177 Å². The third-order valence-electron chi connectivity index (χ3n) is 4.39. The molecule has 2 aromatic carbocycles. The Morgan fingerprint density at radius 2 is 1.69 bits per heavy atom. The van der Waals surface area contributed by atoms with Crippen molar-refractivity contribution in [3.8, 4) is 5.75 Å². The van der Waals surface area contributed by atoms with Crippen molar-refractivity contribution in [3.63, 3.8) is 0 Å². The molecule has 2 aromatic rings. The van der Waals surface area contributed by atoms with Crippen LogP contribution in [0.5, 0.6) is 5.75 Å². The van der Waals surface area contributed by atoms with E-state index in [1.165, 1.54) is 5.56 Å². The highest BCUT2D eigenvalue weighted by Gasteiger charge is 2.21. The van der Waals surface area contributed by atoms with Gasteiger partial charge < -0.3 is 15.4 Å². The third-order valence-corrected chi connectivity index (χ3v) is 5.04. The van der Waals surface area contributed by atoms with E-state index in [0.29, 0.717) is 17.9 Å². The summed E-state index contributed by atoms with van der Waals surface area (Å²) in [6, 6.07) is 16.3. The molecule has 0 heterocycles. The summed E-state index contributed by atoms with van der Waals surface area (Å²) in [4.78, 5) is 25.0. The molecule has 0 aliphatic heterocycles. The zero-order valence-electron chi connectivity index (χ0n) is 17.5. The number of anilines is 1. The molecule has 0 radical (unpaired) electrons. The Balaban J connectivity index is 1.95. The summed E-state index contributed by atoms with van der Waals surface area (Å²) in [7, 11) is 0. The van der Waals surface area contributed by atoms with E-state index in [2.05, 4.69) is 31.4 Å². The summed E-state index contributed by atoms with van der Waals surface area (Å²) in [6.45, 7) is 6.30. The molecule has 2 amide bonds. The van der Waals surface area contributed by atoms with E-state index in [-0.39, 0.29) is 23.8 Å². The van der Waals surface area contributed by atoms with Gasteiger partial charge in [-0.2, -0.15) is 11.8 Å². The molecule has 2 rings (SSSR count). The first-order chi connectivity index (χ1) is 13.8. The molecule has 0 saturated heterocycles. The van der Waals surface area contributed by atoms with E-state index in [1.54, 1.807) is 23.9 Å². The Morgan fingerprint density at radius 1 is 1.03 bits per heavy atom. The fourth-order valence-electron chi connectivity index (χ4n) is 2.69. The molecule has 6 heteroatoms. The number of carbonyl (C=O) groups is 2. The second-order valence-electron chi connectivity index (χ2n) is 7.82. The number of carbonyl (C=O) groups excluding carboxylic acids is 2. The third kappa shape index (κ3) is 7.81. The first-order valence-electron chi connectivity index (χ1n) is 9.67. The molecule has 0 aliphatic carbocycles. The van der Waals surface area contributed by atoms with Gasteiger partial charge in [0.2, 0.25) is 5.91 Å². The predicted molar refractivity (Wildman–Crippen MR) is 121 cm³/mol. The van der Waals surface area contributed by atoms with Crippen LogP contribution in [0.25, 0.3) is 0 Å². The van der Waals surface area contributed by atoms with Crippen LogP contribution in [0.3, 0.4) is 0 Å². The molecule has 29 heavy (non-hydrogen) atoms. The quantitative estimate of drug-likeness (QED) is 0.644. The van der Waals surface area contributed by atoms with Crippen molar-refractivity contribution in [2.45, 2.75) is 38.6 Å². The largest absolute Gasteiger partial charge is 0.484 e. The van der Waals surface area contributed by atoms with Gasteiger partial charge in [-0.05, 0) is 53.7 Å². The molecule has 0 aliphatic rings. The highest BCUT2D eigenvalue weighted by Crippen LogP contribution is 2.23. The fraction of sp³-hybridized carbons (Fsp3) is 0.391. The number of hydrogen-bond donors (Lipinski definition) is 2. The lowest BCUT2D eigenvalue weighted by molar-refractivity contribution is -0.127. The number of para-hydroxylation sites is 1. The Kier molecular flexibility index (Phi) is 8.58. The minimum Gasteiger partial charge on any atom is -0.484 e. The van der Waals surface area contributed by atoms with E-state index in [4.69, 9.17) is 4.74 Å². The number of hydrogen-bond acceptors (Lipinski definition) is 4. The summed E-state index contributed by atoms with van der Waals surface area (Å²) in [6.07, 6.45) is 2.52. The highest BCUT2D eigenvalue weighted by atomic mass is 32.2. The van der Waals surface area contributed by atoms with Crippen LogP contribution < -0.4 is 15.4 Å². The Morgan fingerprint density at radius 3 is 2.28 bits per heavy atom. The predicted octanol–water partition coefficient (Wildman–Crippen LogP) is 4.24. The van der Waals surface area contributed by atoms with E-state index in [1.807, 2.05) is 48.7 Å². The lowest BCUT2D eigenvalue weighted by Gasteiger charge is -2.20. The van der Waals surface area contributed by atoms with Crippen molar-refractivity contribution in [2.24, 2.45) is 0 Å². The maximum absolute atomic E-state index is 12.7. The van der Waals surface area contributed by atoms with Crippen LogP contribution in [0.15, 0.2) is 54.6 Å². The second-order valence-corrected chi connectivity index (χ2v) is 8.81. The van der Waals surface area contributed by atoms with Gasteiger partial charge in [0.1, 0.15) is 11.8 Å². The highest BCUT2D eigenvalue weighted by molar-refractivity contribution is 7.98. The first kappa shape index (κ1) is 22.8. The van der Waals surface area contributed by atoms with Crippen molar-refractivity contribution in [1.82, 2.24) is 5.32 Å². The van der Waals surface area contributed by atoms with Crippen LogP contribution >= 0.6 is 11.8 Å². The first-order valence-corrected chi connectivity index (χ1v) is 11.1. The molecular weight excluding hydrogens is 384 g/mol. The van der Waals surface area contributed by atoms with E-state index in [9.17, 15) is 9.59 Å². The zero-order chi connectivity index (χ0) is 21.3. The second kappa shape index (κ2) is 10.9. The summed E-state index contributed by atoms with van der Waals surface area (Å²) in [5.41, 5.74) is 1.96. The minimum atomic E-state index is -0.614. The zero-order valence-corrected chi connectivity index (χ0v) is 18.3. The molecule has 2 N–H and O–H groups in total. The molecule has 0 aromatic heterocycles. The molecule has 156 valence electrons. The van der Waals surface area contributed by atoms with E-state index in [0.717, 1.165) is 5.75 Å². The number of benzene rings is 2. The van der Waals surface area contributed by atoms with Gasteiger partial charge in [0.05, 0.1) is 0 Å².